The maximum atomic E-state index is 2.36. The SMILES string of the molecule is c1ccc(P(c2ccc(-c3c4ccccc4cc4ccccc34)cc2)c2ccc(-c3c4ccccc4cc4ccccc34)cc2)cc1. The van der Waals surface area contributed by atoms with Crippen LogP contribution in [-0.2, 0) is 0 Å². The van der Waals surface area contributed by atoms with E-state index in [2.05, 4.69) is 188 Å². The molecule has 0 aliphatic heterocycles. The predicted octanol–water partition coefficient (Wildman–Crippen LogP) is 11.4. The van der Waals surface area contributed by atoms with Crippen LogP contribution in [0.3, 0.4) is 0 Å². The van der Waals surface area contributed by atoms with Gasteiger partial charge >= 0.3 is 0 Å². The summed E-state index contributed by atoms with van der Waals surface area (Å²) in [6.07, 6.45) is 0. The first kappa shape index (κ1) is 27.7. The molecule has 0 aliphatic carbocycles. The molecule has 0 atom stereocenters. The summed E-state index contributed by atoms with van der Waals surface area (Å²) in [7, 11) is -0.747. The van der Waals surface area contributed by atoms with Crippen LogP contribution in [0.5, 0.6) is 0 Å². The zero-order chi connectivity index (χ0) is 31.2. The van der Waals surface area contributed by atoms with Crippen molar-refractivity contribution < 1.29 is 0 Å². The topological polar surface area (TPSA) is 0 Å². The maximum Gasteiger partial charge on any atom is -0.00268 e. The molecule has 0 spiro atoms. The van der Waals surface area contributed by atoms with Crippen molar-refractivity contribution in [3.8, 4) is 22.3 Å². The van der Waals surface area contributed by atoms with Crippen LogP contribution in [-0.4, -0.2) is 0 Å². The van der Waals surface area contributed by atoms with E-state index < -0.39 is 7.92 Å². The lowest BCUT2D eigenvalue weighted by atomic mass is 9.92. The van der Waals surface area contributed by atoms with Gasteiger partial charge in [-0.3, -0.25) is 0 Å². The Morgan fingerprint density at radius 2 is 0.553 bits per heavy atom. The van der Waals surface area contributed by atoms with Crippen molar-refractivity contribution >= 4 is 66.9 Å². The number of fused-ring (bicyclic) bond motifs is 4. The third kappa shape index (κ3) is 4.90. The van der Waals surface area contributed by atoms with Gasteiger partial charge in [-0.15, -0.1) is 0 Å². The van der Waals surface area contributed by atoms with Crippen molar-refractivity contribution in [1.82, 2.24) is 0 Å². The standard InChI is InChI=1S/C46H31P/c1-2-16-38(17-3-1)47(39-26-22-32(23-27-39)45-41-18-8-4-12-34(41)30-35-13-5-9-19-42(35)45)40-28-24-33(25-29-40)46-43-20-10-6-14-36(43)31-37-15-7-11-21-44(37)46/h1-31H. The van der Waals surface area contributed by atoms with Crippen LogP contribution in [0.1, 0.15) is 0 Å². The minimum Gasteiger partial charge on any atom is -0.0622 e. The monoisotopic (exact) mass is 614 g/mol. The number of benzene rings is 9. The average Bonchev–Trinajstić information content (AvgIpc) is 3.14. The lowest BCUT2D eigenvalue weighted by Gasteiger charge is -2.21. The van der Waals surface area contributed by atoms with Gasteiger partial charge in [0, 0.05) is 0 Å². The largest absolute Gasteiger partial charge is 0.0622 e. The van der Waals surface area contributed by atoms with E-state index in [1.54, 1.807) is 0 Å². The van der Waals surface area contributed by atoms with Crippen molar-refractivity contribution in [2.24, 2.45) is 0 Å². The molecule has 0 unspecified atom stereocenters. The molecular formula is C46H31P. The minimum absolute atomic E-state index is 0.747. The summed E-state index contributed by atoms with van der Waals surface area (Å²) in [6, 6.07) is 69.4. The molecule has 220 valence electrons. The van der Waals surface area contributed by atoms with Crippen molar-refractivity contribution in [3.05, 3.63) is 188 Å². The third-order valence-electron chi connectivity index (χ3n) is 9.39. The number of hydrogen-bond donors (Lipinski definition) is 0. The van der Waals surface area contributed by atoms with E-state index in [4.69, 9.17) is 0 Å². The Bertz CT molecular complexity index is 2280. The van der Waals surface area contributed by atoms with E-state index in [9.17, 15) is 0 Å². The highest BCUT2D eigenvalue weighted by Gasteiger charge is 2.18. The highest BCUT2D eigenvalue weighted by Crippen LogP contribution is 2.40. The molecule has 0 aromatic heterocycles. The molecule has 0 N–H and O–H groups in total. The Morgan fingerprint density at radius 1 is 0.255 bits per heavy atom. The summed E-state index contributed by atoms with van der Waals surface area (Å²) < 4.78 is 0. The zero-order valence-corrected chi connectivity index (χ0v) is 26.7. The molecule has 0 bridgehead atoms. The lowest BCUT2D eigenvalue weighted by molar-refractivity contribution is 1.69. The zero-order valence-electron chi connectivity index (χ0n) is 25.8. The minimum atomic E-state index is -0.747. The summed E-state index contributed by atoms with van der Waals surface area (Å²) >= 11 is 0. The van der Waals surface area contributed by atoms with Gasteiger partial charge in [0.2, 0.25) is 0 Å². The molecule has 0 amide bonds. The molecule has 0 fully saturated rings. The smallest absolute Gasteiger partial charge is 0.00268 e. The van der Waals surface area contributed by atoms with E-state index >= 15 is 0 Å². The summed E-state index contributed by atoms with van der Waals surface area (Å²) in [6.45, 7) is 0. The molecule has 0 heterocycles. The molecule has 0 aliphatic rings. The van der Waals surface area contributed by atoms with E-state index in [0.717, 1.165) is 0 Å². The molecule has 0 saturated heterocycles. The third-order valence-corrected chi connectivity index (χ3v) is 11.8. The van der Waals surface area contributed by atoms with Crippen LogP contribution in [0.25, 0.3) is 65.3 Å². The van der Waals surface area contributed by atoms with Crippen LogP contribution in [0, 0.1) is 0 Å². The molecule has 0 radical (unpaired) electrons. The lowest BCUT2D eigenvalue weighted by Crippen LogP contribution is -2.20. The van der Waals surface area contributed by atoms with Crippen molar-refractivity contribution in [2.45, 2.75) is 0 Å². The van der Waals surface area contributed by atoms with Gasteiger partial charge < -0.3 is 0 Å². The Kier molecular flexibility index (Phi) is 6.89. The van der Waals surface area contributed by atoms with Gasteiger partial charge in [-0.05, 0) is 101 Å². The molecule has 0 nitrogen and oxygen atoms in total. The fraction of sp³-hybridized carbons (Fsp3) is 0. The highest BCUT2D eigenvalue weighted by atomic mass is 31.1. The van der Waals surface area contributed by atoms with Gasteiger partial charge in [-0.1, -0.05) is 176 Å². The second-order valence-corrected chi connectivity index (χ2v) is 14.4. The maximum absolute atomic E-state index is 2.36. The Morgan fingerprint density at radius 3 is 0.915 bits per heavy atom. The van der Waals surface area contributed by atoms with Crippen LogP contribution < -0.4 is 15.9 Å². The molecule has 9 rings (SSSR count). The van der Waals surface area contributed by atoms with E-state index in [1.165, 1.54) is 81.3 Å². The van der Waals surface area contributed by atoms with Crippen molar-refractivity contribution in [2.75, 3.05) is 0 Å². The second kappa shape index (κ2) is 11.7. The molecular weight excluding hydrogens is 583 g/mol. The van der Waals surface area contributed by atoms with Crippen LogP contribution >= 0.6 is 7.92 Å². The first-order valence-electron chi connectivity index (χ1n) is 16.2. The fourth-order valence-corrected chi connectivity index (χ4v) is 9.49. The number of rotatable bonds is 5. The fourth-order valence-electron chi connectivity index (χ4n) is 7.23. The first-order chi connectivity index (χ1) is 23.3. The predicted molar refractivity (Wildman–Crippen MR) is 206 cm³/mol. The molecule has 47 heavy (non-hydrogen) atoms. The van der Waals surface area contributed by atoms with Crippen molar-refractivity contribution in [3.63, 3.8) is 0 Å². The van der Waals surface area contributed by atoms with Crippen LogP contribution in [0.4, 0.5) is 0 Å². The molecule has 9 aromatic rings. The van der Waals surface area contributed by atoms with Gasteiger partial charge in [-0.25, -0.2) is 0 Å². The Labute approximate surface area is 276 Å². The van der Waals surface area contributed by atoms with E-state index in [0.29, 0.717) is 0 Å². The molecule has 1 heteroatoms. The summed E-state index contributed by atoms with van der Waals surface area (Å²) in [5.41, 5.74) is 5.12. The molecule has 9 aromatic carbocycles. The van der Waals surface area contributed by atoms with Gasteiger partial charge in [0.05, 0.1) is 0 Å². The Hall–Kier alpha value is -5.55. The summed E-state index contributed by atoms with van der Waals surface area (Å²) in [4.78, 5) is 0. The van der Waals surface area contributed by atoms with Gasteiger partial charge in [0.15, 0.2) is 0 Å². The number of hydrogen-bond acceptors (Lipinski definition) is 0. The van der Waals surface area contributed by atoms with Crippen molar-refractivity contribution in [1.29, 1.82) is 0 Å². The highest BCUT2D eigenvalue weighted by molar-refractivity contribution is 7.79. The summed E-state index contributed by atoms with van der Waals surface area (Å²) in [5, 5.41) is 14.3. The Balaban J connectivity index is 1.16. The van der Waals surface area contributed by atoms with Crippen LogP contribution in [0.15, 0.2) is 188 Å². The second-order valence-electron chi connectivity index (χ2n) is 12.2. The first-order valence-corrected chi connectivity index (χ1v) is 17.5. The normalized spacial score (nSPS) is 11.6. The van der Waals surface area contributed by atoms with Crippen LogP contribution in [0.2, 0.25) is 0 Å². The van der Waals surface area contributed by atoms with Gasteiger partial charge in [0.25, 0.3) is 0 Å². The average molecular weight is 615 g/mol. The van der Waals surface area contributed by atoms with Gasteiger partial charge in [0.1, 0.15) is 0 Å². The van der Waals surface area contributed by atoms with Gasteiger partial charge in [-0.2, -0.15) is 0 Å². The van der Waals surface area contributed by atoms with E-state index in [-0.39, 0.29) is 0 Å². The quantitative estimate of drug-likeness (QED) is 0.134. The summed E-state index contributed by atoms with van der Waals surface area (Å²) in [5.74, 6) is 0. The van der Waals surface area contributed by atoms with E-state index in [1.807, 2.05) is 0 Å². The molecule has 0 saturated carbocycles.